The quantitative estimate of drug-likeness (QED) is 0.758. The molecule has 1 rings (SSSR count). The standard InChI is InChI=1S/C10H15BrN2O/c1-13(2)4-3-5-14-10-6-9(11)7-12-8-10/h6-8H,3-5H2,1-2H3. The lowest BCUT2D eigenvalue weighted by Gasteiger charge is -2.10. The molecule has 0 aliphatic rings. The summed E-state index contributed by atoms with van der Waals surface area (Å²) < 4.78 is 6.46. The normalized spacial score (nSPS) is 10.6. The molecule has 0 spiro atoms. The van der Waals surface area contributed by atoms with Crippen LogP contribution in [0.4, 0.5) is 0 Å². The molecule has 4 heteroatoms. The molecular weight excluding hydrogens is 244 g/mol. The highest BCUT2D eigenvalue weighted by atomic mass is 79.9. The van der Waals surface area contributed by atoms with Crippen LogP contribution in [-0.2, 0) is 0 Å². The summed E-state index contributed by atoms with van der Waals surface area (Å²) in [6, 6.07) is 1.92. The number of pyridine rings is 1. The number of aromatic nitrogens is 1. The Morgan fingerprint density at radius 2 is 2.21 bits per heavy atom. The lowest BCUT2D eigenvalue weighted by molar-refractivity contribution is 0.280. The molecule has 0 bridgehead atoms. The highest BCUT2D eigenvalue weighted by molar-refractivity contribution is 9.10. The Labute approximate surface area is 93.2 Å². The number of nitrogens with zero attached hydrogens (tertiary/aromatic N) is 2. The van der Waals surface area contributed by atoms with Crippen LogP contribution in [0.3, 0.4) is 0 Å². The van der Waals surface area contributed by atoms with Crippen LogP contribution in [-0.4, -0.2) is 37.1 Å². The zero-order chi connectivity index (χ0) is 10.4. The summed E-state index contributed by atoms with van der Waals surface area (Å²) in [7, 11) is 4.11. The molecule has 1 heterocycles. The maximum absolute atomic E-state index is 5.52. The van der Waals surface area contributed by atoms with Crippen molar-refractivity contribution in [2.24, 2.45) is 0 Å². The van der Waals surface area contributed by atoms with Crippen molar-refractivity contribution in [2.45, 2.75) is 6.42 Å². The first-order valence-electron chi connectivity index (χ1n) is 4.56. The number of hydrogen-bond donors (Lipinski definition) is 0. The predicted octanol–water partition coefficient (Wildman–Crippen LogP) is 2.17. The molecule has 0 saturated carbocycles. The Balaban J connectivity index is 2.25. The van der Waals surface area contributed by atoms with Gasteiger partial charge in [0.15, 0.2) is 0 Å². The molecule has 0 saturated heterocycles. The topological polar surface area (TPSA) is 25.4 Å². The van der Waals surface area contributed by atoms with Crippen LogP contribution >= 0.6 is 15.9 Å². The van der Waals surface area contributed by atoms with Crippen LogP contribution in [0.1, 0.15) is 6.42 Å². The summed E-state index contributed by atoms with van der Waals surface area (Å²) in [5.74, 6) is 0.818. The molecule has 0 unspecified atom stereocenters. The first-order chi connectivity index (χ1) is 6.68. The molecule has 1 aromatic rings. The summed E-state index contributed by atoms with van der Waals surface area (Å²) >= 11 is 3.34. The van der Waals surface area contributed by atoms with Gasteiger partial charge in [0.2, 0.25) is 0 Å². The fourth-order valence-electron chi connectivity index (χ4n) is 1.04. The molecule has 0 aliphatic carbocycles. The van der Waals surface area contributed by atoms with Gasteiger partial charge in [0.1, 0.15) is 5.75 Å². The van der Waals surface area contributed by atoms with E-state index in [-0.39, 0.29) is 0 Å². The van der Waals surface area contributed by atoms with Crippen LogP contribution in [0.5, 0.6) is 5.75 Å². The van der Waals surface area contributed by atoms with E-state index in [1.54, 1.807) is 12.4 Å². The SMILES string of the molecule is CN(C)CCCOc1cncc(Br)c1. The van der Waals surface area contributed by atoms with Crippen LogP contribution in [0.2, 0.25) is 0 Å². The van der Waals surface area contributed by atoms with E-state index in [2.05, 4.69) is 39.9 Å². The lowest BCUT2D eigenvalue weighted by atomic mass is 10.4. The number of ether oxygens (including phenoxy) is 1. The number of rotatable bonds is 5. The first kappa shape index (κ1) is 11.5. The van der Waals surface area contributed by atoms with Crippen molar-refractivity contribution >= 4 is 15.9 Å². The summed E-state index contributed by atoms with van der Waals surface area (Å²) in [6.45, 7) is 1.78. The van der Waals surface area contributed by atoms with Crippen LogP contribution in [0.25, 0.3) is 0 Å². The van der Waals surface area contributed by atoms with Crippen molar-refractivity contribution in [2.75, 3.05) is 27.2 Å². The molecule has 0 amide bonds. The minimum Gasteiger partial charge on any atom is -0.492 e. The van der Waals surface area contributed by atoms with Crippen molar-refractivity contribution in [3.05, 3.63) is 22.9 Å². The molecular formula is C10H15BrN2O. The van der Waals surface area contributed by atoms with Gasteiger partial charge in [-0.15, -0.1) is 0 Å². The van der Waals surface area contributed by atoms with Gasteiger partial charge in [-0.05, 0) is 42.5 Å². The molecule has 3 nitrogen and oxygen atoms in total. The average molecular weight is 259 g/mol. The average Bonchev–Trinajstić information content (AvgIpc) is 2.12. The zero-order valence-electron chi connectivity index (χ0n) is 8.53. The van der Waals surface area contributed by atoms with E-state index in [4.69, 9.17) is 4.74 Å². The summed E-state index contributed by atoms with van der Waals surface area (Å²) in [6.07, 6.45) is 4.49. The highest BCUT2D eigenvalue weighted by Gasteiger charge is 1.95. The molecule has 0 radical (unpaired) electrons. The maximum Gasteiger partial charge on any atom is 0.138 e. The van der Waals surface area contributed by atoms with Gasteiger partial charge in [-0.25, -0.2) is 0 Å². The Kier molecular flexibility index (Phi) is 4.90. The molecule has 0 N–H and O–H groups in total. The van der Waals surface area contributed by atoms with Gasteiger partial charge in [0, 0.05) is 17.2 Å². The van der Waals surface area contributed by atoms with E-state index in [0.717, 1.165) is 29.8 Å². The van der Waals surface area contributed by atoms with E-state index in [1.165, 1.54) is 0 Å². The molecule has 0 aliphatic heterocycles. The third-order valence-electron chi connectivity index (χ3n) is 1.70. The van der Waals surface area contributed by atoms with E-state index in [1.807, 2.05) is 6.07 Å². The Morgan fingerprint density at radius 3 is 2.86 bits per heavy atom. The van der Waals surface area contributed by atoms with Gasteiger partial charge in [-0.2, -0.15) is 0 Å². The lowest BCUT2D eigenvalue weighted by Crippen LogP contribution is -2.15. The minimum atomic E-state index is 0.732. The predicted molar refractivity (Wildman–Crippen MR) is 60.6 cm³/mol. The summed E-state index contributed by atoms with van der Waals surface area (Å²) in [4.78, 5) is 6.16. The number of hydrogen-bond acceptors (Lipinski definition) is 3. The van der Waals surface area contributed by atoms with Gasteiger partial charge in [-0.1, -0.05) is 0 Å². The maximum atomic E-state index is 5.52. The van der Waals surface area contributed by atoms with Gasteiger partial charge < -0.3 is 9.64 Å². The van der Waals surface area contributed by atoms with E-state index in [9.17, 15) is 0 Å². The van der Waals surface area contributed by atoms with Gasteiger partial charge in [0.25, 0.3) is 0 Å². The second kappa shape index (κ2) is 5.98. The smallest absolute Gasteiger partial charge is 0.138 e. The molecule has 0 atom stereocenters. The largest absolute Gasteiger partial charge is 0.492 e. The van der Waals surface area contributed by atoms with Crippen molar-refractivity contribution in [1.29, 1.82) is 0 Å². The minimum absolute atomic E-state index is 0.732. The van der Waals surface area contributed by atoms with E-state index < -0.39 is 0 Å². The number of halogens is 1. The molecule has 0 aromatic carbocycles. The van der Waals surface area contributed by atoms with Crippen molar-refractivity contribution in [3.8, 4) is 5.75 Å². The second-order valence-corrected chi connectivity index (χ2v) is 4.26. The molecule has 1 aromatic heterocycles. The van der Waals surface area contributed by atoms with Crippen LogP contribution < -0.4 is 4.74 Å². The van der Waals surface area contributed by atoms with Crippen molar-refractivity contribution < 1.29 is 4.74 Å². The molecule has 14 heavy (non-hydrogen) atoms. The van der Waals surface area contributed by atoms with Gasteiger partial charge >= 0.3 is 0 Å². The van der Waals surface area contributed by atoms with E-state index >= 15 is 0 Å². The van der Waals surface area contributed by atoms with Crippen molar-refractivity contribution in [3.63, 3.8) is 0 Å². The fraction of sp³-hybridized carbons (Fsp3) is 0.500. The van der Waals surface area contributed by atoms with Crippen LogP contribution in [0, 0.1) is 0 Å². The molecule has 78 valence electrons. The fourth-order valence-corrected chi connectivity index (χ4v) is 1.39. The molecule has 0 fully saturated rings. The third kappa shape index (κ3) is 4.58. The zero-order valence-corrected chi connectivity index (χ0v) is 10.1. The Morgan fingerprint density at radius 1 is 1.43 bits per heavy atom. The Bertz CT molecular complexity index is 279. The monoisotopic (exact) mass is 258 g/mol. The summed E-state index contributed by atoms with van der Waals surface area (Å²) in [5.41, 5.74) is 0. The van der Waals surface area contributed by atoms with Crippen molar-refractivity contribution in [1.82, 2.24) is 9.88 Å². The van der Waals surface area contributed by atoms with Gasteiger partial charge in [0.05, 0.1) is 12.8 Å². The third-order valence-corrected chi connectivity index (χ3v) is 2.13. The first-order valence-corrected chi connectivity index (χ1v) is 5.36. The second-order valence-electron chi connectivity index (χ2n) is 3.34. The highest BCUT2D eigenvalue weighted by Crippen LogP contribution is 2.15. The van der Waals surface area contributed by atoms with Crippen LogP contribution in [0.15, 0.2) is 22.9 Å². The van der Waals surface area contributed by atoms with Gasteiger partial charge in [-0.3, -0.25) is 4.98 Å². The Hall–Kier alpha value is -0.610. The van der Waals surface area contributed by atoms with E-state index in [0.29, 0.717) is 0 Å². The summed E-state index contributed by atoms with van der Waals surface area (Å²) in [5, 5.41) is 0.